The van der Waals surface area contributed by atoms with Gasteiger partial charge < -0.3 is 15.3 Å². The Kier molecular flexibility index (Phi) is 5.86. The molecule has 0 unspecified atom stereocenters. The molecule has 7 nitrogen and oxygen atoms in total. The molecule has 0 spiro atoms. The smallest absolute Gasteiger partial charge is 0.251 e. The first-order chi connectivity index (χ1) is 12.8. The fraction of sp³-hybridized carbons (Fsp3) is 0.579. The second kappa shape index (κ2) is 7.98. The van der Waals surface area contributed by atoms with Crippen LogP contribution in [0.3, 0.4) is 0 Å². The van der Waals surface area contributed by atoms with Crippen LogP contribution in [0.15, 0.2) is 29.2 Å². The Morgan fingerprint density at radius 3 is 2.33 bits per heavy atom. The van der Waals surface area contributed by atoms with Crippen LogP contribution in [0.5, 0.6) is 0 Å². The standard InChI is InChI=1S/C19H26N2O5S/c1-27(25,26)15-7-4-13(5-8-15)18(23)20-16-12-14(6-9-17(16)22)19(24)21-10-2-3-11-21/h4-5,7-8,14,16-17,22H,2-3,6,9-12H2,1H3,(H,20,23)/t14-,16+,17+/m0/s1. The Bertz CT molecular complexity index is 800. The van der Waals surface area contributed by atoms with Gasteiger partial charge in [0.2, 0.25) is 5.91 Å². The highest BCUT2D eigenvalue weighted by molar-refractivity contribution is 7.90. The van der Waals surface area contributed by atoms with Gasteiger partial charge in [0.25, 0.3) is 5.91 Å². The van der Waals surface area contributed by atoms with Gasteiger partial charge in [-0.1, -0.05) is 0 Å². The van der Waals surface area contributed by atoms with E-state index < -0.39 is 22.0 Å². The fourth-order valence-corrected chi connectivity index (χ4v) is 4.47. The first-order valence-corrected chi connectivity index (χ1v) is 11.2. The lowest BCUT2D eigenvalue weighted by atomic mass is 9.82. The molecule has 1 aromatic carbocycles. The molecule has 1 heterocycles. The molecule has 1 aromatic rings. The van der Waals surface area contributed by atoms with Gasteiger partial charge in [-0.2, -0.15) is 0 Å². The lowest BCUT2D eigenvalue weighted by Gasteiger charge is -2.34. The van der Waals surface area contributed by atoms with E-state index in [1.54, 1.807) is 0 Å². The molecule has 2 aliphatic rings. The molecule has 2 fully saturated rings. The predicted octanol–water partition coefficient (Wildman–Crippen LogP) is 0.972. The third-order valence-corrected chi connectivity index (χ3v) is 6.57. The molecular weight excluding hydrogens is 368 g/mol. The van der Waals surface area contributed by atoms with Crippen molar-refractivity contribution >= 4 is 21.7 Å². The van der Waals surface area contributed by atoms with Gasteiger partial charge in [0.15, 0.2) is 9.84 Å². The molecule has 2 amide bonds. The zero-order valence-corrected chi connectivity index (χ0v) is 16.2. The Balaban J connectivity index is 1.64. The molecule has 0 radical (unpaired) electrons. The van der Waals surface area contributed by atoms with Crippen LogP contribution in [0.1, 0.15) is 42.5 Å². The summed E-state index contributed by atoms with van der Waals surface area (Å²) in [5, 5.41) is 13.1. The number of carbonyl (C=O) groups excluding carboxylic acids is 2. The van der Waals surface area contributed by atoms with Crippen molar-refractivity contribution in [3.05, 3.63) is 29.8 Å². The number of nitrogens with one attached hydrogen (secondary N) is 1. The molecule has 27 heavy (non-hydrogen) atoms. The first-order valence-electron chi connectivity index (χ1n) is 9.33. The summed E-state index contributed by atoms with van der Waals surface area (Å²) in [5.74, 6) is -0.436. The molecule has 1 aliphatic heterocycles. The Labute approximate surface area is 159 Å². The highest BCUT2D eigenvalue weighted by atomic mass is 32.2. The van der Waals surface area contributed by atoms with Crippen molar-refractivity contribution < 1.29 is 23.1 Å². The summed E-state index contributed by atoms with van der Waals surface area (Å²) in [6, 6.07) is 5.20. The number of carbonyl (C=O) groups is 2. The van der Waals surface area contributed by atoms with Gasteiger partial charge in [0, 0.05) is 30.8 Å². The van der Waals surface area contributed by atoms with E-state index in [2.05, 4.69) is 5.32 Å². The Morgan fingerprint density at radius 2 is 1.74 bits per heavy atom. The molecule has 148 valence electrons. The largest absolute Gasteiger partial charge is 0.391 e. The fourth-order valence-electron chi connectivity index (χ4n) is 3.83. The van der Waals surface area contributed by atoms with E-state index in [1.807, 2.05) is 4.90 Å². The van der Waals surface area contributed by atoms with Gasteiger partial charge in [-0.15, -0.1) is 0 Å². The van der Waals surface area contributed by atoms with Gasteiger partial charge in [0.1, 0.15) is 0 Å². The van der Waals surface area contributed by atoms with E-state index in [1.165, 1.54) is 24.3 Å². The van der Waals surface area contributed by atoms with Crippen molar-refractivity contribution in [1.82, 2.24) is 10.2 Å². The van der Waals surface area contributed by atoms with E-state index in [9.17, 15) is 23.1 Å². The summed E-state index contributed by atoms with van der Waals surface area (Å²) in [7, 11) is -3.32. The number of rotatable bonds is 4. The zero-order chi connectivity index (χ0) is 19.6. The highest BCUT2D eigenvalue weighted by Crippen LogP contribution is 2.28. The summed E-state index contributed by atoms with van der Waals surface area (Å²) in [4.78, 5) is 27.1. The SMILES string of the molecule is CS(=O)(=O)c1ccc(C(=O)N[C@@H]2C[C@@H](C(=O)N3CCCC3)CC[C@H]2O)cc1. The van der Waals surface area contributed by atoms with Gasteiger partial charge in [-0.25, -0.2) is 8.42 Å². The van der Waals surface area contributed by atoms with E-state index in [0.717, 1.165) is 32.2 Å². The third-order valence-electron chi connectivity index (χ3n) is 5.44. The summed E-state index contributed by atoms with van der Waals surface area (Å²) in [6.07, 6.45) is 4.01. The maximum Gasteiger partial charge on any atom is 0.251 e. The van der Waals surface area contributed by atoms with Crippen molar-refractivity contribution in [2.45, 2.75) is 49.1 Å². The topological polar surface area (TPSA) is 104 Å². The number of benzene rings is 1. The molecule has 1 aliphatic carbocycles. The summed E-state index contributed by atoms with van der Waals surface area (Å²) in [6.45, 7) is 1.59. The van der Waals surface area contributed by atoms with Crippen LogP contribution in [-0.4, -0.2) is 61.7 Å². The molecule has 0 bridgehead atoms. The van der Waals surface area contributed by atoms with Gasteiger partial charge in [0.05, 0.1) is 17.0 Å². The lowest BCUT2D eigenvalue weighted by molar-refractivity contribution is -0.136. The number of nitrogens with zero attached hydrogens (tertiary/aromatic N) is 1. The van der Waals surface area contributed by atoms with Crippen LogP contribution in [0.2, 0.25) is 0 Å². The molecule has 3 atom stereocenters. The number of aliphatic hydroxyl groups is 1. The number of sulfone groups is 1. The summed E-state index contributed by atoms with van der Waals surface area (Å²) >= 11 is 0. The molecule has 2 N–H and O–H groups in total. The molecule has 0 aromatic heterocycles. The van der Waals surface area contributed by atoms with Gasteiger partial charge in [-0.05, 0) is 56.4 Å². The minimum absolute atomic E-state index is 0.121. The number of aliphatic hydroxyl groups excluding tert-OH is 1. The summed E-state index contributed by atoms with van der Waals surface area (Å²) < 4.78 is 23.0. The summed E-state index contributed by atoms with van der Waals surface area (Å²) in [5.41, 5.74) is 0.322. The van der Waals surface area contributed by atoms with Gasteiger partial charge in [-0.3, -0.25) is 9.59 Å². The number of hydrogen-bond donors (Lipinski definition) is 2. The van der Waals surface area contributed by atoms with Crippen LogP contribution in [0.4, 0.5) is 0 Å². The maximum absolute atomic E-state index is 12.6. The Morgan fingerprint density at radius 1 is 1.11 bits per heavy atom. The lowest BCUT2D eigenvalue weighted by Crippen LogP contribution is -2.49. The van der Waals surface area contributed by atoms with Crippen molar-refractivity contribution in [3.8, 4) is 0 Å². The minimum atomic E-state index is -3.32. The minimum Gasteiger partial charge on any atom is -0.391 e. The molecule has 1 saturated heterocycles. The van der Waals surface area contributed by atoms with Crippen LogP contribution in [0.25, 0.3) is 0 Å². The Hall–Kier alpha value is -1.93. The molecule has 1 saturated carbocycles. The number of hydrogen-bond acceptors (Lipinski definition) is 5. The molecule has 3 rings (SSSR count). The highest BCUT2D eigenvalue weighted by Gasteiger charge is 2.36. The van der Waals surface area contributed by atoms with E-state index in [4.69, 9.17) is 0 Å². The second-order valence-corrected chi connectivity index (χ2v) is 9.50. The van der Waals surface area contributed by atoms with Crippen molar-refractivity contribution in [1.29, 1.82) is 0 Å². The average Bonchev–Trinajstić information content (AvgIpc) is 3.17. The van der Waals surface area contributed by atoms with E-state index in [0.29, 0.717) is 24.8 Å². The molecular formula is C19H26N2O5S. The zero-order valence-electron chi connectivity index (χ0n) is 15.4. The van der Waals surface area contributed by atoms with Crippen LogP contribution < -0.4 is 5.32 Å². The van der Waals surface area contributed by atoms with Crippen molar-refractivity contribution in [3.63, 3.8) is 0 Å². The molecule has 8 heteroatoms. The van der Waals surface area contributed by atoms with E-state index >= 15 is 0 Å². The van der Waals surface area contributed by atoms with E-state index in [-0.39, 0.29) is 22.6 Å². The van der Waals surface area contributed by atoms with Crippen LogP contribution in [0, 0.1) is 5.92 Å². The second-order valence-electron chi connectivity index (χ2n) is 7.49. The van der Waals surface area contributed by atoms with Crippen molar-refractivity contribution in [2.24, 2.45) is 5.92 Å². The number of amides is 2. The first kappa shape index (κ1) is 19.8. The van der Waals surface area contributed by atoms with Crippen LogP contribution >= 0.6 is 0 Å². The average molecular weight is 394 g/mol. The van der Waals surface area contributed by atoms with Crippen molar-refractivity contribution in [2.75, 3.05) is 19.3 Å². The monoisotopic (exact) mass is 394 g/mol. The third kappa shape index (κ3) is 4.68. The van der Waals surface area contributed by atoms with Crippen LogP contribution in [-0.2, 0) is 14.6 Å². The maximum atomic E-state index is 12.6. The predicted molar refractivity (Wildman–Crippen MR) is 100.0 cm³/mol. The normalized spacial score (nSPS) is 26.0. The van der Waals surface area contributed by atoms with Gasteiger partial charge >= 0.3 is 0 Å². The number of likely N-dealkylation sites (tertiary alicyclic amines) is 1. The quantitative estimate of drug-likeness (QED) is 0.792.